The third-order valence-electron chi connectivity index (χ3n) is 2.86. The molecule has 1 unspecified atom stereocenters. The second-order valence-corrected chi connectivity index (χ2v) is 4.98. The van der Waals surface area contributed by atoms with Crippen molar-refractivity contribution >= 4 is 11.8 Å². The molecular formula is C9H17NOS. The predicted octanol–water partition coefficient (Wildman–Crippen LogP) is 0.995. The highest BCUT2D eigenvalue weighted by Gasteiger charge is 2.28. The number of rotatable bonds is 2. The SMILES string of the molecule is O[C@H]1CCC[C@@H]1NC1CCSC1. The van der Waals surface area contributed by atoms with Crippen molar-refractivity contribution in [3.8, 4) is 0 Å². The van der Waals surface area contributed by atoms with Crippen molar-refractivity contribution in [2.75, 3.05) is 11.5 Å². The van der Waals surface area contributed by atoms with Gasteiger partial charge >= 0.3 is 0 Å². The summed E-state index contributed by atoms with van der Waals surface area (Å²) < 4.78 is 0. The Balaban J connectivity index is 1.77. The van der Waals surface area contributed by atoms with Gasteiger partial charge in [0.1, 0.15) is 0 Å². The summed E-state index contributed by atoms with van der Waals surface area (Å²) in [6.45, 7) is 0. The molecule has 3 atom stereocenters. The highest BCUT2D eigenvalue weighted by atomic mass is 32.2. The van der Waals surface area contributed by atoms with Gasteiger partial charge in [0, 0.05) is 17.8 Å². The van der Waals surface area contributed by atoms with Gasteiger partial charge in [0.05, 0.1) is 6.10 Å². The molecule has 0 aromatic heterocycles. The van der Waals surface area contributed by atoms with Crippen LogP contribution in [-0.2, 0) is 0 Å². The van der Waals surface area contributed by atoms with Gasteiger partial charge in [-0.3, -0.25) is 0 Å². The topological polar surface area (TPSA) is 32.3 Å². The zero-order chi connectivity index (χ0) is 8.39. The summed E-state index contributed by atoms with van der Waals surface area (Å²) in [5.74, 6) is 2.53. The quantitative estimate of drug-likeness (QED) is 0.676. The summed E-state index contributed by atoms with van der Waals surface area (Å²) in [6, 6.07) is 1.07. The number of hydrogen-bond donors (Lipinski definition) is 2. The summed E-state index contributed by atoms with van der Waals surface area (Å²) in [5, 5.41) is 13.1. The highest BCUT2D eigenvalue weighted by Crippen LogP contribution is 2.23. The Bertz CT molecular complexity index is 147. The third kappa shape index (κ3) is 1.95. The van der Waals surface area contributed by atoms with E-state index in [9.17, 15) is 5.11 Å². The molecule has 0 bridgehead atoms. The van der Waals surface area contributed by atoms with Crippen LogP contribution in [-0.4, -0.2) is 34.8 Å². The van der Waals surface area contributed by atoms with Crippen LogP contribution in [0.5, 0.6) is 0 Å². The average Bonchev–Trinajstić information content (AvgIpc) is 2.65. The minimum absolute atomic E-state index is 0.0735. The Labute approximate surface area is 78.1 Å². The zero-order valence-electron chi connectivity index (χ0n) is 7.33. The molecule has 1 aliphatic heterocycles. The molecular weight excluding hydrogens is 170 g/mol. The monoisotopic (exact) mass is 187 g/mol. The normalized spacial score (nSPS) is 42.2. The first-order valence-corrected chi connectivity index (χ1v) is 6.03. The van der Waals surface area contributed by atoms with E-state index in [1.807, 2.05) is 11.8 Å². The van der Waals surface area contributed by atoms with Crippen LogP contribution in [0.2, 0.25) is 0 Å². The Hall–Kier alpha value is 0.270. The molecule has 12 heavy (non-hydrogen) atoms. The van der Waals surface area contributed by atoms with Gasteiger partial charge in [0.2, 0.25) is 0 Å². The summed E-state index contributed by atoms with van der Waals surface area (Å²) in [6.07, 6.45) is 4.57. The van der Waals surface area contributed by atoms with Crippen molar-refractivity contribution in [2.45, 2.75) is 43.9 Å². The van der Waals surface area contributed by atoms with Crippen molar-refractivity contribution in [3.63, 3.8) is 0 Å². The number of hydrogen-bond acceptors (Lipinski definition) is 3. The van der Waals surface area contributed by atoms with Gasteiger partial charge < -0.3 is 10.4 Å². The van der Waals surface area contributed by atoms with Gasteiger partial charge in [0.15, 0.2) is 0 Å². The number of thioether (sulfide) groups is 1. The van der Waals surface area contributed by atoms with E-state index in [-0.39, 0.29) is 6.10 Å². The highest BCUT2D eigenvalue weighted by molar-refractivity contribution is 7.99. The van der Waals surface area contributed by atoms with E-state index in [1.165, 1.54) is 30.8 Å². The molecule has 1 saturated heterocycles. The maximum absolute atomic E-state index is 9.58. The maximum atomic E-state index is 9.58. The first-order chi connectivity index (χ1) is 5.86. The van der Waals surface area contributed by atoms with Gasteiger partial charge in [-0.2, -0.15) is 11.8 Å². The lowest BCUT2D eigenvalue weighted by atomic mass is 10.1. The molecule has 1 aliphatic carbocycles. The fraction of sp³-hybridized carbons (Fsp3) is 1.00. The van der Waals surface area contributed by atoms with E-state index in [0.29, 0.717) is 12.1 Å². The summed E-state index contributed by atoms with van der Waals surface area (Å²) in [4.78, 5) is 0. The fourth-order valence-corrected chi connectivity index (χ4v) is 3.27. The van der Waals surface area contributed by atoms with Gasteiger partial charge in [-0.1, -0.05) is 0 Å². The zero-order valence-corrected chi connectivity index (χ0v) is 8.15. The lowest BCUT2D eigenvalue weighted by Crippen LogP contribution is -2.42. The van der Waals surface area contributed by atoms with E-state index in [4.69, 9.17) is 0 Å². The van der Waals surface area contributed by atoms with Crippen LogP contribution in [0.15, 0.2) is 0 Å². The van der Waals surface area contributed by atoms with Crippen molar-refractivity contribution in [1.29, 1.82) is 0 Å². The molecule has 1 heterocycles. The van der Waals surface area contributed by atoms with Gasteiger partial charge in [-0.05, 0) is 31.4 Å². The molecule has 0 radical (unpaired) electrons. The lowest BCUT2D eigenvalue weighted by molar-refractivity contribution is 0.144. The van der Waals surface area contributed by atoms with Gasteiger partial charge in [0.25, 0.3) is 0 Å². The van der Waals surface area contributed by atoms with Crippen molar-refractivity contribution in [1.82, 2.24) is 5.32 Å². The first kappa shape index (κ1) is 8.85. The third-order valence-corrected chi connectivity index (χ3v) is 4.02. The number of aliphatic hydroxyl groups excluding tert-OH is 1. The molecule has 70 valence electrons. The Morgan fingerprint density at radius 2 is 2.17 bits per heavy atom. The Kier molecular flexibility index (Phi) is 2.94. The molecule has 0 aromatic carbocycles. The van der Waals surface area contributed by atoms with E-state index in [0.717, 1.165) is 6.42 Å². The largest absolute Gasteiger partial charge is 0.392 e. The molecule has 0 amide bonds. The van der Waals surface area contributed by atoms with Gasteiger partial charge in [-0.25, -0.2) is 0 Å². The molecule has 2 fully saturated rings. The summed E-state index contributed by atoms with van der Waals surface area (Å²) in [7, 11) is 0. The smallest absolute Gasteiger partial charge is 0.0693 e. The minimum Gasteiger partial charge on any atom is -0.392 e. The molecule has 2 nitrogen and oxygen atoms in total. The number of nitrogens with one attached hydrogen (secondary N) is 1. The van der Waals surface area contributed by atoms with Crippen LogP contribution >= 0.6 is 11.8 Å². The Morgan fingerprint density at radius 1 is 1.25 bits per heavy atom. The van der Waals surface area contributed by atoms with Crippen molar-refractivity contribution in [2.24, 2.45) is 0 Å². The first-order valence-electron chi connectivity index (χ1n) is 4.88. The molecule has 2 N–H and O–H groups in total. The maximum Gasteiger partial charge on any atom is 0.0693 e. The molecule has 2 rings (SSSR count). The van der Waals surface area contributed by atoms with Crippen molar-refractivity contribution in [3.05, 3.63) is 0 Å². The molecule has 0 spiro atoms. The van der Waals surface area contributed by atoms with E-state index >= 15 is 0 Å². The molecule has 1 saturated carbocycles. The van der Waals surface area contributed by atoms with E-state index < -0.39 is 0 Å². The average molecular weight is 187 g/mol. The predicted molar refractivity (Wildman–Crippen MR) is 52.5 cm³/mol. The molecule has 0 aromatic rings. The van der Waals surface area contributed by atoms with Crippen LogP contribution in [0.25, 0.3) is 0 Å². The number of aliphatic hydroxyl groups is 1. The van der Waals surface area contributed by atoms with Gasteiger partial charge in [-0.15, -0.1) is 0 Å². The minimum atomic E-state index is -0.0735. The fourth-order valence-electron chi connectivity index (χ4n) is 2.10. The molecule has 2 aliphatic rings. The second kappa shape index (κ2) is 3.99. The van der Waals surface area contributed by atoms with Crippen LogP contribution in [0.4, 0.5) is 0 Å². The van der Waals surface area contributed by atoms with Crippen LogP contribution in [0.1, 0.15) is 25.7 Å². The van der Waals surface area contributed by atoms with Crippen molar-refractivity contribution < 1.29 is 5.11 Å². The van der Waals surface area contributed by atoms with Crippen LogP contribution in [0, 0.1) is 0 Å². The second-order valence-electron chi connectivity index (χ2n) is 3.83. The Morgan fingerprint density at radius 3 is 2.75 bits per heavy atom. The van der Waals surface area contributed by atoms with E-state index in [2.05, 4.69) is 5.32 Å². The van der Waals surface area contributed by atoms with Crippen LogP contribution in [0.3, 0.4) is 0 Å². The standard InChI is InChI=1S/C9H17NOS/c11-9-3-1-2-8(9)10-7-4-5-12-6-7/h7-11H,1-6H2/t7?,8-,9-/m0/s1. The summed E-state index contributed by atoms with van der Waals surface area (Å²) >= 11 is 2.02. The van der Waals surface area contributed by atoms with E-state index in [1.54, 1.807) is 0 Å². The molecule has 3 heteroatoms. The van der Waals surface area contributed by atoms with Crippen LogP contribution < -0.4 is 5.32 Å². The summed E-state index contributed by atoms with van der Waals surface area (Å²) in [5.41, 5.74) is 0. The lowest BCUT2D eigenvalue weighted by Gasteiger charge is -2.20.